The van der Waals surface area contributed by atoms with Crippen molar-refractivity contribution >= 4 is 44.9 Å². The number of aromatic nitrogens is 1. The second-order valence-corrected chi connectivity index (χ2v) is 7.08. The van der Waals surface area contributed by atoms with Crippen molar-refractivity contribution < 1.29 is 14.0 Å². The number of amides is 2. The topological polar surface area (TPSA) is 74.3 Å². The van der Waals surface area contributed by atoms with Gasteiger partial charge in [0, 0.05) is 23.4 Å². The number of hydrogen-bond donors (Lipinski definition) is 2. The maximum atomic E-state index is 13.4. The summed E-state index contributed by atoms with van der Waals surface area (Å²) in [5.74, 6) is -0.851. The monoisotopic (exact) mass is 456 g/mol. The number of benzene rings is 2. The van der Waals surface area contributed by atoms with Gasteiger partial charge >= 0.3 is 0 Å². The van der Waals surface area contributed by atoms with E-state index in [0.29, 0.717) is 11.4 Å². The summed E-state index contributed by atoms with van der Waals surface area (Å²) >= 11 is 3.36. The van der Waals surface area contributed by atoms with Crippen molar-refractivity contribution in [3.05, 3.63) is 82.7 Å². The van der Waals surface area contributed by atoms with E-state index < -0.39 is 5.82 Å². The molecular formula is C21H18BrFN4O2. The van der Waals surface area contributed by atoms with Gasteiger partial charge in [0.25, 0.3) is 5.91 Å². The molecule has 8 heteroatoms. The molecule has 0 unspecified atom stereocenters. The van der Waals surface area contributed by atoms with Crippen LogP contribution in [0.1, 0.15) is 10.4 Å². The molecule has 2 amide bonds. The number of halogens is 2. The summed E-state index contributed by atoms with van der Waals surface area (Å²) in [6.07, 6.45) is 1.53. The van der Waals surface area contributed by atoms with Crippen LogP contribution in [0.15, 0.2) is 71.3 Å². The zero-order valence-electron chi connectivity index (χ0n) is 15.5. The highest BCUT2D eigenvalue weighted by atomic mass is 79.9. The molecule has 0 radical (unpaired) electrons. The molecule has 0 fully saturated rings. The van der Waals surface area contributed by atoms with E-state index in [-0.39, 0.29) is 29.7 Å². The quantitative estimate of drug-likeness (QED) is 0.574. The molecule has 3 rings (SSSR count). The summed E-state index contributed by atoms with van der Waals surface area (Å²) in [7, 11) is 1.53. The van der Waals surface area contributed by atoms with Gasteiger partial charge in [-0.2, -0.15) is 0 Å². The van der Waals surface area contributed by atoms with Crippen molar-refractivity contribution in [2.45, 2.75) is 0 Å². The zero-order chi connectivity index (χ0) is 20.8. The number of likely N-dealkylation sites (N-methyl/N-ethyl adjacent to an activating group) is 1. The van der Waals surface area contributed by atoms with Crippen LogP contribution >= 0.6 is 15.9 Å². The third-order valence-electron chi connectivity index (χ3n) is 4.00. The number of carbonyl (C=O) groups excluding carboxylic acids is 2. The Bertz CT molecular complexity index is 1040. The van der Waals surface area contributed by atoms with Crippen LogP contribution in [0.2, 0.25) is 0 Å². The molecule has 6 nitrogen and oxygen atoms in total. The van der Waals surface area contributed by atoms with Gasteiger partial charge in [0.1, 0.15) is 11.6 Å². The maximum absolute atomic E-state index is 13.4. The highest BCUT2D eigenvalue weighted by Crippen LogP contribution is 2.22. The van der Waals surface area contributed by atoms with Crippen LogP contribution in [-0.4, -0.2) is 35.3 Å². The van der Waals surface area contributed by atoms with E-state index in [4.69, 9.17) is 0 Å². The lowest BCUT2D eigenvalue weighted by atomic mass is 10.2. The molecule has 0 aliphatic carbocycles. The second kappa shape index (κ2) is 9.29. The predicted molar refractivity (Wildman–Crippen MR) is 114 cm³/mol. The van der Waals surface area contributed by atoms with Crippen molar-refractivity contribution in [2.24, 2.45) is 0 Å². The van der Waals surface area contributed by atoms with Gasteiger partial charge in [-0.05, 0) is 58.4 Å². The van der Waals surface area contributed by atoms with Gasteiger partial charge in [-0.25, -0.2) is 9.37 Å². The van der Waals surface area contributed by atoms with Crippen LogP contribution in [0.25, 0.3) is 0 Å². The Morgan fingerprint density at radius 2 is 1.90 bits per heavy atom. The van der Waals surface area contributed by atoms with Crippen LogP contribution in [0.3, 0.4) is 0 Å². The molecule has 0 saturated carbocycles. The Hall–Kier alpha value is -3.26. The first-order valence-corrected chi connectivity index (χ1v) is 9.51. The minimum atomic E-state index is -0.403. The molecule has 0 bridgehead atoms. The maximum Gasteiger partial charge on any atom is 0.257 e. The van der Waals surface area contributed by atoms with Crippen molar-refractivity contribution in [1.82, 2.24) is 9.88 Å². The van der Waals surface area contributed by atoms with Crippen LogP contribution in [0.5, 0.6) is 0 Å². The highest BCUT2D eigenvalue weighted by molar-refractivity contribution is 9.10. The van der Waals surface area contributed by atoms with E-state index in [1.54, 1.807) is 36.4 Å². The third-order valence-corrected chi connectivity index (χ3v) is 4.69. The summed E-state index contributed by atoms with van der Waals surface area (Å²) in [5.41, 5.74) is 1.35. The first-order chi connectivity index (χ1) is 13.9. The van der Waals surface area contributed by atoms with Crippen LogP contribution in [0, 0.1) is 5.82 Å². The Balaban J connectivity index is 1.71. The summed E-state index contributed by atoms with van der Waals surface area (Å²) < 4.78 is 14.2. The van der Waals surface area contributed by atoms with Crippen LogP contribution in [-0.2, 0) is 4.79 Å². The van der Waals surface area contributed by atoms with Gasteiger partial charge in [-0.15, -0.1) is 0 Å². The number of pyridine rings is 1. The molecule has 2 aromatic carbocycles. The van der Waals surface area contributed by atoms with Gasteiger partial charge in [0.05, 0.1) is 17.8 Å². The molecule has 2 N–H and O–H groups in total. The van der Waals surface area contributed by atoms with Gasteiger partial charge in [0.15, 0.2) is 0 Å². The number of nitrogens with one attached hydrogen (secondary N) is 2. The molecule has 3 aromatic rings. The number of carbonyl (C=O) groups is 2. The van der Waals surface area contributed by atoms with Gasteiger partial charge < -0.3 is 15.5 Å². The Morgan fingerprint density at radius 1 is 1.10 bits per heavy atom. The number of anilines is 3. The molecule has 0 atom stereocenters. The van der Waals surface area contributed by atoms with Crippen LogP contribution in [0.4, 0.5) is 21.6 Å². The predicted octanol–water partition coefficient (Wildman–Crippen LogP) is 4.44. The fourth-order valence-electron chi connectivity index (χ4n) is 2.63. The average molecular weight is 457 g/mol. The summed E-state index contributed by atoms with van der Waals surface area (Å²) in [6, 6.07) is 16.3. The summed E-state index contributed by atoms with van der Waals surface area (Å²) in [4.78, 5) is 30.7. The molecule has 0 saturated heterocycles. The van der Waals surface area contributed by atoms with Crippen molar-refractivity contribution in [1.29, 1.82) is 0 Å². The fourth-order valence-corrected chi connectivity index (χ4v) is 3.01. The molecule has 0 spiro atoms. The van der Waals surface area contributed by atoms with E-state index in [2.05, 4.69) is 31.5 Å². The number of nitrogens with zero attached hydrogens (tertiary/aromatic N) is 2. The number of hydrogen-bond acceptors (Lipinski definition) is 4. The Morgan fingerprint density at radius 3 is 2.66 bits per heavy atom. The molecule has 0 aliphatic rings. The van der Waals surface area contributed by atoms with Gasteiger partial charge in [-0.3, -0.25) is 9.59 Å². The smallest absolute Gasteiger partial charge is 0.257 e. The normalized spacial score (nSPS) is 10.3. The second-order valence-electron chi connectivity index (χ2n) is 6.22. The van der Waals surface area contributed by atoms with Crippen molar-refractivity contribution in [2.75, 3.05) is 24.2 Å². The average Bonchev–Trinajstić information content (AvgIpc) is 2.69. The van der Waals surface area contributed by atoms with E-state index in [1.165, 1.54) is 30.3 Å². The molecule has 1 aromatic heterocycles. The largest absolute Gasteiger partial charge is 0.339 e. The Kier molecular flexibility index (Phi) is 6.56. The molecule has 148 valence electrons. The van der Waals surface area contributed by atoms with Crippen molar-refractivity contribution in [3.63, 3.8) is 0 Å². The van der Waals surface area contributed by atoms with E-state index in [9.17, 15) is 14.0 Å². The SMILES string of the molecule is CN(CC(=O)Nc1ccccc1Br)C(=O)c1cccnc1Nc1cccc(F)c1. The van der Waals surface area contributed by atoms with Crippen LogP contribution < -0.4 is 10.6 Å². The van der Waals surface area contributed by atoms with E-state index >= 15 is 0 Å². The minimum Gasteiger partial charge on any atom is -0.339 e. The summed E-state index contributed by atoms with van der Waals surface area (Å²) in [5, 5.41) is 5.70. The van der Waals surface area contributed by atoms with E-state index in [0.717, 1.165) is 4.47 Å². The Labute approximate surface area is 175 Å². The van der Waals surface area contributed by atoms with Gasteiger partial charge in [0.2, 0.25) is 5.91 Å². The number of rotatable bonds is 6. The first kappa shape index (κ1) is 20.5. The fraction of sp³-hybridized carbons (Fsp3) is 0.0952. The van der Waals surface area contributed by atoms with Gasteiger partial charge in [-0.1, -0.05) is 18.2 Å². The molecule has 0 aliphatic heterocycles. The van der Waals surface area contributed by atoms with E-state index in [1.807, 2.05) is 12.1 Å². The summed E-state index contributed by atoms with van der Waals surface area (Å²) in [6.45, 7) is -0.144. The molecule has 1 heterocycles. The zero-order valence-corrected chi connectivity index (χ0v) is 17.1. The standard InChI is InChI=1S/C21H18BrFN4O2/c1-27(13-19(28)26-18-10-3-2-9-17(18)22)21(29)16-8-5-11-24-20(16)25-15-7-4-6-14(23)12-15/h2-12H,13H2,1H3,(H,24,25)(H,26,28). The van der Waals surface area contributed by atoms with Crippen molar-refractivity contribution in [3.8, 4) is 0 Å². The highest BCUT2D eigenvalue weighted by Gasteiger charge is 2.19. The first-order valence-electron chi connectivity index (χ1n) is 8.71. The lowest BCUT2D eigenvalue weighted by Gasteiger charge is -2.19. The third kappa shape index (κ3) is 5.39. The molecule has 29 heavy (non-hydrogen) atoms. The molecular weight excluding hydrogens is 439 g/mol. The lowest BCUT2D eigenvalue weighted by Crippen LogP contribution is -2.35. The minimum absolute atomic E-state index is 0.144. The number of para-hydroxylation sites is 1. The lowest BCUT2D eigenvalue weighted by molar-refractivity contribution is -0.116.